The van der Waals surface area contributed by atoms with E-state index in [1.165, 1.54) is 25.0 Å². The largest absolute Gasteiger partial charge is 0.447 e. The number of benzene rings is 1. The molecule has 2 saturated heterocycles. The summed E-state index contributed by atoms with van der Waals surface area (Å²) in [5.41, 5.74) is 3.13. The Kier molecular flexibility index (Phi) is 11.3. The molecule has 5 heterocycles. The molecule has 14 heteroatoms. The molecule has 0 unspecified atom stereocenters. The zero-order valence-electron chi connectivity index (χ0n) is 26.4. The molecule has 2 aromatic heterocycles. The van der Waals surface area contributed by atoms with E-state index in [9.17, 15) is 14.4 Å². The topological polar surface area (TPSA) is 127 Å². The minimum absolute atomic E-state index is 0.172. The number of fused-ring (bicyclic) bond motifs is 1. The minimum atomic E-state index is -0.332. The fraction of sp³-hybridized carbons (Fsp3) is 0.485. The highest BCUT2D eigenvalue weighted by Gasteiger charge is 2.24. The van der Waals surface area contributed by atoms with E-state index in [4.69, 9.17) is 28.9 Å². The molecule has 0 saturated carbocycles. The number of hydrogen-bond acceptors (Lipinski definition) is 12. The molecule has 0 spiro atoms. The highest BCUT2D eigenvalue weighted by atomic mass is 32.1. The fourth-order valence-electron chi connectivity index (χ4n) is 5.65. The number of aromatic nitrogens is 2. The molecule has 0 radical (unpaired) electrons. The lowest BCUT2D eigenvalue weighted by Crippen LogP contribution is -2.49. The van der Waals surface area contributed by atoms with Crippen molar-refractivity contribution >= 4 is 51.0 Å². The van der Waals surface area contributed by atoms with Gasteiger partial charge in [0.1, 0.15) is 17.4 Å². The number of hydrogen-bond donors (Lipinski definition) is 0. The van der Waals surface area contributed by atoms with E-state index in [-0.39, 0.29) is 44.3 Å². The minimum Gasteiger partial charge on any atom is -0.447 e. The highest BCUT2D eigenvalue weighted by molar-refractivity contribution is 7.21. The van der Waals surface area contributed by atoms with Gasteiger partial charge in [-0.25, -0.2) is 14.8 Å². The van der Waals surface area contributed by atoms with Crippen LogP contribution in [0.15, 0.2) is 48.7 Å². The quantitative estimate of drug-likeness (QED) is 0.176. The van der Waals surface area contributed by atoms with Gasteiger partial charge in [0, 0.05) is 68.9 Å². The number of thiazole rings is 1. The second-order valence-electron chi connectivity index (χ2n) is 11.4. The molecule has 0 bridgehead atoms. The molecule has 1 aromatic carbocycles. The van der Waals surface area contributed by atoms with E-state index in [1.54, 1.807) is 16.2 Å². The van der Waals surface area contributed by atoms with Crippen molar-refractivity contribution in [3.8, 4) is 10.6 Å². The van der Waals surface area contributed by atoms with Gasteiger partial charge in [-0.05, 0) is 43.2 Å². The molecular formula is C33H40N6O7S. The van der Waals surface area contributed by atoms with Crippen molar-refractivity contribution in [2.75, 3.05) is 102 Å². The summed E-state index contributed by atoms with van der Waals surface area (Å²) in [4.78, 5) is 52.5. The fourth-order valence-corrected chi connectivity index (χ4v) is 6.64. The lowest BCUT2D eigenvalue weighted by molar-refractivity contribution is -0.137. The summed E-state index contributed by atoms with van der Waals surface area (Å²) in [6.45, 7) is 7.16. The summed E-state index contributed by atoms with van der Waals surface area (Å²) >= 11 is 1.67. The number of rotatable bonds is 15. The lowest BCUT2D eigenvalue weighted by Gasteiger charge is -2.35. The number of piperazine rings is 1. The lowest BCUT2D eigenvalue weighted by atomic mass is 10.2. The van der Waals surface area contributed by atoms with Crippen molar-refractivity contribution < 1.29 is 33.3 Å². The predicted molar refractivity (Wildman–Crippen MR) is 178 cm³/mol. The summed E-state index contributed by atoms with van der Waals surface area (Å²) in [6.07, 6.45) is 6.56. The monoisotopic (exact) mass is 664 g/mol. The number of anilines is 2. The first-order valence-corrected chi connectivity index (χ1v) is 16.9. The van der Waals surface area contributed by atoms with Crippen molar-refractivity contribution in [3.05, 3.63) is 48.7 Å². The van der Waals surface area contributed by atoms with Gasteiger partial charge >= 0.3 is 6.09 Å². The molecule has 3 aliphatic heterocycles. The summed E-state index contributed by atoms with van der Waals surface area (Å²) in [5, 5.41) is 0.967. The number of pyridine rings is 1. The highest BCUT2D eigenvalue weighted by Crippen LogP contribution is 2.33. The van der Waals surface area contributed by atoms with Gasteiger partial charge in [-0.1, -0.05) is 0 Å². The van der Waals surface area contributed by atoms with E-state index < -0.39 is 0 Å². The Hall–Kier alpha value is -4.11. The van der Waals surface area contributed by atoms with Crippen LogP contribution in [0.4, 0.5) is 16.3 Å². The third-order valence-corrected chi connectivity index (χ3v) is 9.32. The molecule has 0 atom stereocenters. The van der Waals surface area contributed by atoms with Crippen LogP contribution in [0.25, 0.3) is 20.8 Å². The Balaban J connectivity index is 0.830. The maximum absolute atomic E-state index is 12.6. The van der Waals surface area contributed by atoms with Gasteiger partial charge in [-0.15, -0.1) is 11.3 Å². The molecule has 0 N–H and O–H groups in total. The zero-order chi connectivity index (χ0) is 32.4. The molecule has 13 nitrogen and oxygen atoms in total. The van der Waals surface area contributed by atoms with Gasteiger partial charge in [-0.3, -0.25) is 14.5 Å². The number of imide groups is 1. The van der Waals surface area contributed by atoms with Gasteiger partial charge in [0.2, 0.25) is 0 Å². The van der Waals surface area contributed by atoms with E-state index in [1.807, 2.05) is 6.20 Å². The average Bonchev–Trinajstić information content (AvgIpc) is 3.86. The molecule has 6 rings (SSSR count). The Labute approximate surface area is 277 Å². The van der Waals surface area contributed by atoms with Crippen LogP contribution in [0, 0.1) is 0 Å². The molecule has 3 amide bonds. The van der Waals surface area contributed by atoms with Crippen molar-refractivity contribution in [2.45, 2.75) is 12.8 Å². The first-order valence-electron chi connectivity index (χ1n) is 16.1. The normalized spacial score (nSPS) is 16.7. The zero-order valence-corrected chi connectivity index (χ0v) is 27.2. The van der Waals surface area contributed by atoms with Gasteiger partial charge in [0.15, 0.2) is 0 Å². The third kappa shape index (κ3) is 8.63. The first kappa shape index (κ1) is 32.8. The van der Waals surface area contributed by atoms with Gasteiger partial charge in [0.05, 0.1) is 56.4 Å². The van der Waals surface area contributed by atoms with Gasteiger partial charge < -0.3 is 33.6 Å². The molecular weight excluding hydrogens is 624 g/mol. The number of ether oxygens (including phenoxy) is 4. The van der Waals surface area contributed by atoms with Crippen LogP contribution in [0.1, 0.15) is 12.8 Å². The molecule has 3 aromatic rings. The molecule has 2 fully saturated rings. The van der Waals surface area contributed by atoms with Gasteiger partial charge in [-0.2, -0.15) is 0 Å². The summed E-state index contributed by atoms with van der Waals surface area (Å²) in [7, 11) is 0. The summed E-state index contributed by atoms with van der Waals surface area (Å²) < 4.78 is 22.9. The Morgan fingerprint density at radius 2 is 1.45 bits per heavy atom. The average molecular weight is 665 g/mol. The van der Waals surface area contributed by atoms with Crippen molar-refractivity contribution in [2.24, 2.45) is 0 Å². The van der Waals surface area contributed by atoms with E-state index in [0.29, 0.717) is 39.5 Å². The molecule has 250 valence electrons. The third-order valence-electron chi connectivity index (χ3n) is 8.26. The van der Waals surface area contributed by atoms with Crippen molar-refractivity contribution in [3.63, 3.8) is 0 Å². The molecule has 0 aliphatic carbocycles. The van der Waals surface area contributed by atoms with Crippen LogP contribution in [0.2, 0.25) is 0 Å². The van der Waals surface area contributed by atoms with Crippen LogP contribution < -0.4 is 9.80 Å². The smallest absolute Gasteiger partial charge is 0.409 e. The SMILES string of the molecule is O=C(OCCOCCOCCOCCN1C(=O)C=CC1=O)N1CCN(c2ccc3nc(-c4ccc(N5CCCC5)nc4)sc3c2)CC1. The second kappa shape index (κ2) is 16.1. The summed E-state index contributed by atoms with van der Waals surface area (Å²) in [6, 6.07) is 10.6. The van der Waals surface area contributed by atoms with E-state index in [2.05, 4.69) is 40.1 Å². The number of carbonyl (C=O) groups excluding carboxylic acids is 3. The maximum Gasteiger partial charge on any atom is 0.409 e. The van der Waals surface area contributed by atoms with Crippen molar-refractivity contribution in [1.82, 2.24) is 19.8 Å². The van der Waals surface area contributed by atoms with Crippen LogP contribution in [0.3, 0.4) is 0 Å². The number of carbonyl (C=O) groups is 3. The maximum atomic E-state index is 12.6. The number of amides is 3. The molecule has 3 aliphatic rings. The molecule has 47 heavy (non-hydrogen) atoms. The van der Waals surface area contributed by atoms with Crippen LogP contribution in [-0.4, -0.2) is 130 Å². The summed E-state index contributed by atoms with van der Waals surface area (Å²) in [5.74, 6) is 0.406. The van der Waals surface area contributed by atoms with Crippen LogP contribution in [0.5, 0.6) is 0 Å². The standard InChI is InChI=1S/C33H40N6O7S/c40-30-7-8-31(41)39(30)15-16-43-17-18-44-19-20-45-21-22-46-33(42)38-13-11-36(12-14-38)26-4-5-27-28(23-26)47-32(35-27)25-3-6-29(34-24-25)37-9-1-2-10-37/h3-8,23-24H,1-2,9-22H2. The Bertz CT molecular complexity index is 1530. The second-order valence-corrected chi connectivity index (χ2v) is 12.4. The Morgan fingerprint density at radius 1 is 0.766 bits per heavy atom. The van der Waals surface area contributed by atoms with Crippen LogP contribution >= 0.6 is 11.3 Å². The van der Waals surface area contributed by atoms with E-state index >= 15 is 0 Å². The van der Waals surface area contributed by atoms with Crippen LogP contribution in [-0.2, 0) is 28.5 Å². The first-order chi connectivity index (χ1) is 23.0. The number of nitrogens with zero attached hydrogens (tertiary/aromatic N) is 6. The van der Waals surface area contributed by atoms with E-state index in [0.717, 1.165) is 63.4 Å². The predicted octanol–water partition coefficient (Wildman–Crippen LogP) is 3.19. The van der Waals surface area contributed by atoms with Gasteiger partial charge in [0.25, 0.3) is 11.8 Å². The Morgan fingerprint density at radius 3 is 2.13 bits per heavy atom. The van der Waals surface area contributed by atoms with Crippen molar-refractivity contribution in [1.29, 1.82) is 0 Å².